The molecule has 0 bridgehead atoms. The Morgan fingerprint density at radius 2 is 1.81 bits per heavy atom. The van der Waals surface area contributed by atoms with Crippen LogP contribution >= 0.6 is 0 Å². The predicted octanol–water partition coefficient (Wildman–Crippen LogP) is 2.04. The molecule has 3 atom stereocenters. The number of nitrogens with one attached hydrogen (secondary N) is 1. The van der Waals surface area contributed by atoms with Crippen LogP contribution in [0.4, 0.5) is 0 Å². The minimum absolute atomic E-state index is 0.0795. The Balaban J connectivity index is 2.70. The van der Waals surface area contributed by atoms with Gasteiger partial charge in [-0.3, -0.25) is 4.79 Å². The van der Waals surface area contributed by atoms with Crippen LogP contribution in [0.3, 0.4) is 0 Å². The molecule has 148 valence electrons. The summed E-state index contributed by atoms with van der Waals surface area (Å²) in [5.74, 6) is -3.16. The molecule has 0 aliphatic carbocycles. The highest BCUT2D eigenvalue weighted by Crippen LogP contribution is 2.43. The summed E-state index contributed by atoms with van der Waals surface area (Å²) in [5.41, 5.74) is 0.591. The van der Waals surface area contributed by atoms with Crippen LogP contribution in [-0.2, 0) is 28.9 Å². The van der Waals surface area contributed by atoms with Crippen molar-refractivity contribution in [3.05, 3.63) is 41.6 Å². The van der Waals surface area contributed by atoms with Crippen LogP contribution in [0, 0.1) is 11.8 Å². The summed E-state index contributed by atoms with van der Waals surface area (Å²) in [6, 6.07) is 7.89. The molecule has 0 saturated carbocycles. The van der Waals surface area contributed by atoms with Gasteiger partial charge in [-0.25, -0.2) is 13.2 Å². The lowest BCUT2D eigenvalue weighted by molar-refractivity contribution is -0.152. The van der Waals surface area contributed by atoms with Crippen molar-refractivity contribution < 1.29 is 27.5 Å². The molecule has 1 heterocycles. The molecule has 2 rings (SSSR count). The standard InChI is InChI=1S/C19H25NO6S/c1-6-26-18(22)16-12(2)15(17(21)25-5)13(3)20-19(16,4)27(23,24)14-10-8-7-9-11-14/h7-12,16,20H,6H2,1-5H3. The van der Waals surface area contributed by atoms with Gasteiger partial charge in [0.25, 0.3) is 0 Å². The van der Waals surface area contributed by atoms with Gasteiger partial charge in [-0.05, 0) is 32.9 Å². The highest BCUT2D eigenvalue weighted by Gasteiger charge is 2.57. The maximum atomic E-state index is 13.5. The fourth-order valence-electron chi connectivity index (χ4n) is 3.69. The third kappa shape index (κ3) is 3.45. The van der Waals surface area contributed by atoms with E-state index in [1.165, 1.54) is 26.2 Å². The molecule has 1 N–H and O–H groups in total. The number of methoxy groups -OCH3 is 1. The van der Waals surface area contributed by atoms with Crippen molar-refractivity contribution in [1.29, 1.82) is 0 Å². The molecule has 1 aromatic carbocycles. The quantitative estimate of drug-likeness (QED) is 0.762. The second-order valence-electron chi connectivity index (χ2n) is 6.60. The van der Waals surface area contributed by atoms with E-state index in [-0.39, 0.29) is 17.1 Å². The number of sulfone groups is 1. The Labute approximate surface area is 159 Å². The van der Waals surface area contributed by atoms with E-state index in [4.69, 9.17) is 9.47 Å². The number of hydrogen-bond acceptors (Lipinski definition) is 7. The van der Waals surface area contributed by atoms with E-state index in [1.807, 2.05) is 0 Å². The second-order valence-corrected chi connectivity index (χ2v) is 8.92. The molecular weight excluding hydrogens is 370 g/mol. The maximum Gasteiger partial charge on any atom is 0.335 e. The van der Waals surface area contributed by atoms with Crippen LogP contribution in [0.15, 0.2) is 46.5 Å². The highest BCUT2D eigenvalue weighted by molar-refractivity contribution is 7.92. The SMILES string of the molecule is CCOC(=O)C1C(C)C(C(=O)OC)=C(C)NC1(C)S(=O)(=O)c1ccccc1. The van der Waals surface area contributed by atoms with E-state index in [0.29, 0.717) is 5.70 Å². The number of ether oxygens (including phenoxy) is 2. The lowest BCUT2D eigenvalue weighted by Crippen LogP contribution is -2.62. The number of benzene rings is 1. The number of hydrogen-bond donors (Lipinski definition) is 1. The van der Waals surface area contributed by atoms with E-state index in [2.05, 4.69) is 5.32 Å². The van der Waals surface area contributed by atoms with Crippen molar-refractivity contribution in [2.45, 2.75) is 37.5 Å². The van der Waals surface area contributed by atoms with Crippen molar-refractivity contribution >= 4 is 21.8 Å². The summed E-state index contributed by atoms with van der Waals surface area (Å²) in [7, 11) is -2.75. The normalized spacial score (nSPS) is 25.5. The lowest BCUT2D eigenvalue weighted by atomic mass is 9.78. The van der Waals surface area contributed by atoms with E-state index >= 15 is 0 Å². The molecule has 0 aromatic heterocycles. The van der Waals surface area contributed by atoms with Crippen molar-refractivity contribution in [2.24, 2.45) is 11.8 Å². The van der Waals surface area contributed by atoms with Gasteiger partial charge in [-0.2, -0.15) is 0 Å². The molecule has 27 heavy (non-hydrogen) atoms. The van der Waals surface area contributed by atoms with Gasteiger partial charge in [0.1, 0.15) is 5.92 Å². The molecule has 8 heteroatoms. The predicted molar refractivity (Wildman–Crippen MR) is 99.2 cm³/mol. The van der Waals surface area contributed by atoms with E-state index < -0.39 is 38.5 Å². The first-order valence-corrected chi connectivity index (χ1v) is 10.1. The number of carbonyl (C=O) groups excluding carboxylic acids is 2. The van der Waals surface area contributed by atoms with Crippen LogP contribution in [-0.4, -0.2) is 38.9 Å². The summed E-state index contributed by atoms with van der Waals surface area (Å²) in [6.45, 7) is 6.43. The fraction of sp³-hybridized carbons (Fsp3) is 0.474. The van der Waals surface area contributed by atoms with Gasteiger partial charge in [-0.15, -0.1) is 0 Å². The van der Waals surface area contributed by atoms with E-state index in [9.17, 15) is 18.0 Å². The molecular formula is C19H25NO6S. The van der Waals surface area contributed by atoms with Gasteiger partial charge in [0.15, 0.2) is 4.87 Å². The smallest absolute Gasteiger partial charge is 0.335 e. The number of rotatable bonds is 5. The van der Waals surface area contributed by atoms with Gasteiger partial charge < -0.3 is 14.8 Å². The van der Waals surface area contributed by atoms with Crippen LogP contribution in [0.5, 0.6) is 0 Å². The topological polar surface area (TPSA) is 98.8 Å². The molecule has 1 aromatic rings. The van der Waals surface area contributed by atoms with Crippen molar-refractivity contribution in [3.63, 3.8) is 0 Å². The Hall–Kier alpha value is -2.35. The summed E-state index contributed by atoms with van der Waals surface area (Å²) >= 11 is 0. The Kier molecular flexibility index (Phi) is 5.99. The van der Waals surface area contributed by atoms with Gasteiger partial charge in [-0.1, -0.05) is 25.1 Å². The van der Waals surface area contributed by atoms with Crippen molar-refractivity contribution in [1.82, 2.24) is 5.32 Å². The molecule has 0 radical (unpaired) electrons. The number of allylic oxidation sites excluding steroid dienone is 1. The van der Waals surface area contributed by atoms with Gasteiger partial charge >= 0.3 is 11.9 Å². The summed E-state index contributed by atoms with van der Waals surface area (Å²) in [6.07, 6.45) is 0. The van der Waals surface area contributed by atoms with Gasteiger partial charge in [0, 0.05) is 11.6 Å². The van der Waals surface area contributed by atoms with E-state index in [1.54, 1.807) is 39.0 Å². The van der Waals surface area contributed by atoms with Crippen LogP contribution in [0.25, 0.3) is 0 Å². The Morgan fingerprint density at radius 1 is 1.22 bits per heavy atom. The molecule has 3 unspecified atom stereocenters. The average molecular weight is 395 g/mol. The molecule has 1 aliphatic heterocycles. The maximum absolute atomic E-state index is 13.5. The molecule has 1 aliphatic rings. The van der Waals surface area contributed by atoms with Crippen LogP contribution in [0.1, 0.15) is 27.7 Å². The monoisotopic (exact) mass is 395 g/mol. The Bertz CT molecular complexity index is 861. The molecule has 0 saturated heterocycles. The molecule has 0 amide bonds. The minimum Gasteiger partial charge on any atom is -0.466 e. The summed E-state index contributed by atoms with van der Waals surface area (Å²) in [5, 5.41) is 2.91. The van der Waals surface area contributed by atoms with Crippen LogP contribution < -0.4 is 5.32 Å². The number of carbonyl (C=O) groups is 2. The highest BCUT2D eigenvalue weighted by atomic mass is 32.2. The second kappa shape index (κ2) is 7.72. The summed E-state index contributed by atoms with van der Waals surface area (Å²) < 4.78 is 36.9. The van der Waals surface area contributed by atoms with E-state index in [0.717, 1.165) is 0 Å². The van der Waals surface area contributed by atoms with Crippen molar-refractivity contribution in [3.8, 4) is 0 Å². The average Bonchev–Trinajstić information content (AvgIpc) is 2.61. The van der Waals surface area contributed by atoms with Gasteiger partial charge in [0.2, 0.25) is 9.84 Å². The molecule has 7 nitrogen and oxygen atoms in total. The zero-order valence-corrected chi connectivity index (χ0v) is 16.9. The third-order valence-corrected chi connectivity index (χ3v) is 7.31. The van der Waals surface area contributed by atoms with Crippen LogP contribution in [0.2, 0.25) is 0 Å². The fourth-order valence-corrected chi connectivity index (χ4v) is 5.62. The number of esters is 2. The third-order valence-electron chi connectivity index (χ3n) is 4.95. The van der Waals surface area contributed by atoms with Crippen molar-refractivity contribution in [2.75, 3.05) is 13.7 Å². The lowest BCUT2D eigenvalue weighted by Gasteiger charge is -2.44. The Morgan fingerprint density at radius 3 is 2.33 bits per heavy atom. The molecule has 0 spiro atoms. The first kappa shape index (κ1) is 21.0. The summed E-state index contributed by atoms with van der Waals surface area (Å²) in [4.78, 5) is 23.4. The largest absolute Gasteiger partial charge is 0.466 e. The zero-order valence-electron chi connectivity index (χ0n) is 16.1. The first-order chi connectivity index (χ1) is 12.6. The molecule has 0 fully saturated rings. The zero-order chi connectivity index (χ0) is 20.4. The first-order valence-electron chi connectivity index (χ1n) is 8.65. The minimum atomic E-state index is -3.99. The van der Waals surface area contributed by atoms with Gasteiger partial charge in [0.05, 0.1) is 24.2 Å².